The lowest BCUT2D eigenvalue weighted by atomic mass is 10.1. The van der Waals surface area contributed by atoms with Crippen LogP contribution in [0.4, 0.5) is 13.2 Å². The molecule has 5 nitrogen and oxygen atoms in total. The fourth-order valence-electron chi connectivity index (χ4n) is 2.47. The summed E-state index contributed by atoms with van der Waals surface area (Å²) < 4.78 is 39.3. The Bertz CT molecular complexity index is 931. The highest BCUT2D eigenvalue weighted by atomic mass is 19.4. The first-order valence-electron chi connectivity index (χ1n) is 8.20. The molecule has 0 fully saturated rings. The van der Waals surface area contributed by atoms with Crippen molar-refractivity contribution in [2.45, 2.75) is 26.1 Å². The van der Waals surface area contributed by atoms with Crippen LogP contribution in [0.5, 0.6) is 0 Å². The van der Waals surface area contributed by atoms with Crippen LogP contribution in [0.1, 0.15) is 40.1 Å². The molecule has 0 aliphatic heterocycles. The molecule has 27 heavy (non-hydrogen) atoms. The van der Waals surface area contributed by atoms with Crippen LogP contribution >= 0.6 is 0 Å². The van der Waals surface area contributed by atoms with Gasteiger partial charge in [-0.1, -0.05) is 23.8 Å². The predicted molar refractivity (Wildman–Crippen MR) is 93.4 cm³/mol. The van der Waals surface area contributed by atoms with Gasteiger partial charge >= 0.3 is 6.18 Å². The van der Waals surface area contributed by atoms with Crippen molar-refractivity contribution in [2.75, 3.05) is 0 Å². The number of amides is 1. The van der Waals surface area contributed by atoms with Gasteiger partial charge in [-0.3, -0.25) is 9.78 Å². The largest absolute Gasteiger partial charge is 0.433 e. The second-order valence-electron chi connectivity index (χ2n) is 6.18. The standard InChI is InChI=1S/C19H17F3N4O/c1-12-3-6-16(7-4-12)26-11-15(10-24-26)18(27)25-13(2)14-5-8-17(23-9-14)19(20,21)22/h3-11,13H,1-2H3,(H,25,27)/t13-/m1/s1. The van der Waals surface area contributed by atoms with Gasteiger partial charge in [-0.15, -0.1) is 0 Å². The number of rotatable bonds is 4. The SMILES string of the molecule is Cc1ccc(-n2cc(C(=O)N[C@H](C)c3ccc(C(F)(F)F)nc3)cn2)cc1. The Morgan fingerprint density at radius 3 is 2.41 bits per heavy atom. The number of alkyl halides is 3. The van der Waals surface area contributed by atoms with E-state index in [-0.39, 0.29) is 5.91 Å². The maximum atomic E-state index is 12.6. The molecule has 0 radical (unpaired) electrons. The zero-order valence-corrected chi connectivity index (χ0v) is 14.7. The first-order chi connectivity index (χ1) is 12.7. The molecule has 0 saturated heterocycles. The van der Waals surface area contributed by atoms with E-state index in [1.807, 2.05) is 31.2 Å². The highest BCUT2D eigenvalue weighted by molar-refractivity contribution is 5.94. The molecule has 140 valence electrons. The third kappa shape index (κ3) is 4.33. The van der Waals surface area contributed by atoms with E-state index in [1.165, 1.54) is 12.3 Å². The number of hydrogen-bond acceptors (Lipinski definition) is 3. The molecule has 0 aliphatic carbocycles. The number of nitrogens with zero attached hydrogens (tertiary/aromatic N) is 3. The van der Waals surface area contributed by atoms with Crippen molar-refractivity contribution < 1.29 is 18.0 Å². The number of benzene rings is 1. The van der Waals surface area contributed by atoms with Crippen LogP contribution in [0.15, 0.2) is 55.0 Å². The van der Waals surface area contributed by atoms with Gasteiger partial charge in [-0.25, -0.2) is 4.68 Å². The third-order valence-corrected chi connectivity index (χ3v) is 4.07. The van der Waals surface area contributed by atoms with Gasteiger partial charge in [0.25, 0.3) is 5.91 Å². The van der Waals surface area contributed by atoms with Crippen molar-refractivity contribution in [3.8, 4) is 5.69 Å². The van der Waals surface area contributed by atoms with Gasteiger partial charge in [0.2, 0.25) is 0 Å². The molecule has 0 spiro atoms. The third-order valence-electron chi connectivity index (χ3n) is 4.07. The number of carbonyl (C=O) groups is 1. The molecule has 1 N–H and O–H groups in total. The van der Waals surface area contributed by atoms with Crippen molar-refractivity contribution in [3.63, 3.8) is 0 Å². The fraction of sp³-hybridized carbons (Fsp3) is 0.211. The number of hydrogen-bond donors (Lipinski definition) is 1. The minimum Gasteiger partial charge on any atom is -0.345 e. The Morgan fingerprint density at radius 1 is 1.11 bits per heavy atom. The zero-order valence-electron chi connectivity index (χ0n) is 14.7. The molecular weight excluding hydrogens is 357 g/mol. The van der Waals surface area contributed by atoms with Gasteiger partial charge in [0, 0.05) is 12.4 Å². The predicted octanol–water partition coefficient (Wildman–Crippen LogP) is 4.09. The van der Waals surface area contributed by atoms with Crippen LogP contribution in [-0.2, 0) is 6.18 Å². The first kappa shape index (κ1) is 18.6. The molecule has 0 bridgehead atoms. The molecule has 1 aromatic carbocycles. The van der Waals surface area contributed by atoms with Crippen LogP contribution in [0.3, 0.4) is 0 Å². The zero-order chi connectivity index (χ0) is 19.6. The van der Waals surface area contributed by atoms with Crippen molar-refractivity contribution >= 4 is 5.91 Å². The van der Waals surface area contributed by atoms with Crippen LogP contribution in [0.25, 0.3) is 5.69 Å². The van der Waals surface area contributed by atoms with E-state index in [9.17, 15) is 18.0 Å². The minimum absolute atomic E-state index is 0.349. The molecule has 2 aromatic heterocycles. The van der Waals surface area contributed by atoms with Crippen LogP contribution in [0.2, 0.25) is 0 Å². The highest BCUT2D eigenvalue weighted by Crippen LogP contribution is 2.27. The smallest absolute Gasteiger partial charge is 0.345 e. The summed E-state index contributed by atoms with van der Waals surface area (Å²) in [7, 11) is 0. The molecule has 0 saturated carbocycles. The van der Waals surface area contributed by atoms with E-state index in [0.29, 0.717) is 11.1 Å². The molecular formula is C19H17F3N4O. The number of nitrogens with one attached hydrogen (secondary N) is 1. The van der Waals surface area contributed by atoms with E-state index in [4.69, 9.17) is 0 Å². The summed E-state index contributed by atoms with van der Waals surface area (Å²) in [5.74, 6) is -0.374. The monoisotopic (exact) mass is 374 g/mol. The molecule has 1 amide bonds. The van der Waals surface area contributed by atoms with E-state index < -0.39 is 17.9 Å². The molecule has 3 rings (SSSR count). The summed E-state index contributed by atoms with van der Waals surface area (Å²) >= 11 is 0. The van der Waals surface area contributed by atoms with Crippen LogP contribution < -0.4 is 5.32 Å². The topological polar surface area (TPSA) is 59.8 Å². The Labute approximate surface area is 153 Å². The van der Waals surface area contributed by atoms with Crippen molar-refractivity contribution in [1.29, 1.82) is 0 Å². The lowest BCUT2D eigenvalue weighted by Crippen LogP contribution is -2.26. The second-order valence-corrected chi connectivity index (χ2v) is 6.18. The first-order valence-corrected chi connectivity index (χ1v) is 8.20. The lowest BCUT2D eigenvalue weighted by Gasteiger charge is -2.14. The lowest BCUT2D eigenvalue weighted by molar-refractivity contribution is -0.141. The Hall–Kier alpha value is -3.16. The highest BCUT2D eigenvalue weighted by Gasteiger charge is 2.32. The van der Waals surface area contributed by atoms with Gasteiger partial charge in [0.05, 0.1) is 23.5 Å². The van der Waals surface area contributed by atoms with E-state index >= 15 is 0 Å². The molecule has 0 aliphatic rings. The van der Waals surface area contributed by atoms with Crippen molar-refractivity contribution in [1.82, 2.24) is 20.1 Å². The van der Waals surface area contributed by atoms with Gasteiger partial charge in [-0.05, 0) is 37.6 Å². The van der Waals surface area contributed by atoms with Gasteiger partial charge < -0.3 is 5.32 Å². The summed E-state index contributed by atoms with van der Waals surface area (Å²) in [5, 5.41) is 6.91. The summed E-state index contributed by atoms with van der Waals surface area (Å²) in [6, 6.07) is 9.35. The summed E-state index contributed by atoms with van der Waals surface area (Å²) in [4.78, 5) is 15.8. The van der Waals surface area contributed by atoms with Crippen LogP contribution in [0, 0.1) is 6.92 Å². The van der Waals surface area contributed by atoms with Crippen LogP contribution in [-0.4, -0.2) is 20.7 Å². The van der Waals surface area contributed by atoms with Crippen molar-refractivity contribution in [2.24, 2.45) is 0 Å². The summed E-state index contributed by atoms with van der Waals surface area (Å²) in [6.45, 7) is 3.65. The molecule has 2 heterocycles. The maximum Gasteiger partial charge on any atom is 0.433 e. The molecule has 1 atom stereocenters. The Kier molecular flexibility index (Phi) is 4.98. The van der Waals surface area contributed by atoms with Crippen molar-refractivity contribution in [3.05, 3.63) is 77.4 Å². The Morgan fingerprint density at radius 2 is 1.81 bits per heavy atom. The number of halogens is 3. The van der Waals surface area contributed by atoms with E-state index in [0.717, 1.165) is 23.5 Å². The van der Waals surface area contributed by atoms with Gasteiger partial charge in [-0.2, -0.15) is 18.3 Å². The summed E-state index contributed by atoms with van der Waals surface area (Å²) in [5.41, 5.74) is 1.79. The summed E-state index contributed by atoms with van der Waals surface area (Å²) in [6.07, 6.45) is -0.344. The fourth-order valence-corrected chi connectivity index (χ4v) is 2.47. The molecule has 8 heteroatoms. The second kappa shape index (κ2) is 7.22. The normalized spacial score (nSPS) is 12.6. The quantitative estimate of drug-likeness (QED) is 0.748. The minimum atomic E-state index is -4.49. The average molecular weight is 374 g/mol. The maximum absolute atomic E-state index is 12.6. The van der Waals surface area contributed by atoms with E-state index in [1.54, 1.807) is 17.8 Å². The number of aromatic nitrogens is 3. The number of carbonyl (C=O) groups excluding carboxylic acids is 1. The average Bonchev–Trinajstić information content (AvgIpc) is 3.12. The number of pyridine rings is 1. The number of aryl methyl sites for hydroxylation is 1. The Balaban J connectivity index is 1.69. The van der Waals surface area contributed by atoms with E-state index in [2.05, 4.69) is 15.4 Å². The molecule has 3 aromatic rings. The molecule has 0 unspecified atom stereocenters. The van der Waals surface area contributed by atoms with Gasteiger partial charge in [0.15, 0.2) is 0 Å². The van der Waals surface area contributed by atoms with Gasteiger partial charge in [0.1, 0.15) is 5.69 Å².